The van der Waals surface area contributed by atoms with E-state index in [4.69, 9.17) is 0 Å². The number of nitrogens with one attached hydrogen (secondary N) is 2. The van der Waals surface area contributed by atoms with Gasteiger partial charge in [0.1, 0.15) is 17.5 Å². The molecule has 2 aromatic rings. The lowest BCUT2D eigenvalue weighted by Crippen LogP contribution is -2.19. The fourth-order valence-corrected chi connectivity index (χ4v) is 1.57. The molecule has 0 saturated carbocycles. The quantitative estimate of drug-likeness (QED) is 0.867. The largest absolute Gasteiger partial charge is 0.315 e. The lowest BCUT2D eigenvalue weighted by atomic mass is 10.2. The second-order valence-corrected chi connectivity index (χ2v) is 3.77. The van der Waals surface area contributed by atoms with Gasteiger partial charge in [-0.2, -0.15) is 0 Å². The lowest BCUT2D eigenvalue weighted by molar-refractivity contribution is 0.584. The highest BCUT2D eigenvalue weighted by molar-refractivity contribution is 5.54. The summed E-state index contributed by atoms with van der Waals surface area (Å²) in [7, 11) is 1.70. The number of hydrogen-bond acceptors (Lipinski definition) is 3. The van der Waals surface area contributed by atoms with E-state index in [9.17, 15) is 13.6 Å². The third-order valence-corrected chi connectivity index (χ3v) is 2.38. The van der Waals surface area contributed by atoms with E-state index in [0.29, 0.717) is 12.1 Å². The first-order valence-corrected chi connectivity index (χ1v) is 5.29. The Morgan fingerprint density at radius 1 is 1.28 bits per heavy atom. The Balaban J connectivity index is 2.45. The van der Waals surface area contributed by atoms with Gasteiger partial charge in [-0.05, 0) is 19.2 Å². The number of nitrogens with zero attached hydrogens (tertiary/aromatic N) is 1. The highest BCUT2D eigenvalue weighted by atomic mass is 19.1. The molecule has 0 aliphatic carbocycles. The molecule has 0 aliphatic rings. The third kappa shape index (κ3) is 2.60. The van der Waals surface area contributed by atoms with Gasteiger partial charge in [0, 0.05) is 29.9 Å². The van der Waals surface area contributed by atoms with Crippen LogP contribution in [0.15, 0.2) is 29.2 Å². The predicted molar refractivity (Wildman–Crippen MR) is 63.0 cm³/mol. The fraction of sp³-hybridized carbons (Fsp3) is 0.167. The van der Waals surface area contributed by atoms with Gasteiger partial charge in [0.25, 0.3) is 5.56 Å². The Kier molecular flexibility index (Phi) is 3.47. The summed E-state index contributed by atoms with van der Waals surface area (Å²) >= 11 is 0. The molecule has 0 radical (unpaired) electrons. The molecule has 0 aliphatic heterocycles. The van der Waals surface area contributed by atoms with Gasteiger partial charge in [0.15, 0.2) is 0 Å². The van der Waals surface area contributed by atoms with Crippen LogP contribution in [0, 0.1) is 11.6 Å². The molecular formula is C12H11F2N3O. The number of aromatic nitrogens is 2. The second kappa shape index (κ2) is 5.05. The van der Waals surface area contributed by atoms with Crippen molar-refractivity contribution in [1.29, 1.82) is 0 Å². The van der Waals surface area contributed by atoms with Gasteiger partial charge >= 0.3 is 0 Å². The van der Waals surface area contributed by atoms with Crippen LogP contribution in [0.3, 0.4) is 0 Å². The Labute approximate surface area is 102 Å². The summed E-state index contributed by atoms with van der Waals surface area (Å²) in [5, 5.41) is 2.82. The first-order chi connectivity index (χ1) is 8.60. The van der Waals surface area contributed by atoms with E-state index < -0.39 is 11.6 Å². The summed E-state index contributed by atoms with van der Waals surface area (Å²) in [4.78, 5) is 18.1. The van der Waals surface area contributed by atoms with E-state index in [-0.39, 0.29) is 16.9 Å². The zero-order chi connectivity index (χ0) is 13.1. The van der Waals surface area contributed by atoms with Crippen molar-refractivity contribution in [2.75, 3.05) is 7.05 Å². The smallest absolute Gasteiger partial charge is 0.255 e. The van der Waals surface area contributed by atoms with Gasteiger partial charge < -0.3 is 10.3 Å². The average molecular weight is 251 g/mol. The minimum atomic E-state index is -0.716. The number of H-pyrrole nitrogens is 1. The van der Waals surface area contributed by atoms with Crippen molar-refractivity contribution in [2.24, 2.45) is 0 Å². The molecular weight excluding hydrogens is 240 g/mol. The molecule has 0 bridgehead atoms. The van der Waals surface area contributed by atoms with Gasteiger partial charge in [-0.25, -0.2) is 13.8 Å². The third-order valence-electron chi connectivity index (χ3n) is 2.38. The van der Waals surface area contributed by atoms with Gasteiger partial charge in [0.05, 0.1) is 0 Å². The molecule has 0 amide bonds. The maximum Gasteiger partial charge on any atom is 0.255 e. The van der Waals surface area contributed by atoms with Crippen LogP contribution in [0.1, 0.15) is 5.56 Å². The topological polar surface area (TPSA) is 57.8 Å². The first kappa shape index (κ1) is 12.4. The van der Waals surface area contributed by atoms with Crippen molar-refractivity contribution < 1.29 is 8.78 Å². The predicted octanol–water partition coefficient (Wildman–Crippen LogP) is 1.43. The van der Waals surface area contributed by atoms with Crippen molar-refractivity contribution in [3.8, 4) is 11.4 Å². The first-order valence-electron chi connectivity index (χ1n) is 5.29. The van der Waals surface area contributed by atoms with Crippen molar-refractivity contribution in [3.63, 3.8) is 0 Å². The minimum Gasteiger partial charge on any atom is -0.315 e. The van der Waals surface area contributed by atoms with Crippen molar-refractivity contribution >= 4 is 0 Å². The maximum atomic E-state index is 13.0. The monoisotopic (exact) mass is 251 g/mol. The molecule has 1 aromatic carbocycles. The highest BCUT2D eigenvalue weighted by Gasteiger charge is 2.07. The number of hydrogen-bond donors (Lipinski definition) is 2. The van der Waals surface area contributed by atoms with Crippen LogP contribution in [0.2, 0.25) is 0 Å². The summed E-state index contributed by atoms with van der Waals surface area (Å²) in [6.45, 7) is 0.375. The molecule has 94 valence electrons. The zero-order valence-electron chi connectivity index (χ0n) is 9.63. The van der Waals surface area contributed by atoms with Crippen molar-refractivity contribution in [3.05, 3.63) is 51.9 Å². The van der Waals surface area contributed by atoms with E-state index in [1.54, 1.807) is 7.05 Å². The molecule has 18 heavy (non-hydrogen) atoms. The average Bonchev–Trinajstić information content (AvgIpc) is 2.30. The Morgan fingerprint density at radius 3 is 2.50 bits per heavy atom. The molecule has 2 N–H and O–H groups in total. The molecule has 6 heteroatoms. The van der Waals surface area contributed by atoms with E-state index in [1.807, 2.05) is 0 Å². The molecule has 1 aromatic heterocycles. The number of halogens is 2. The van der Waals surface area contributed by atoms with E-state index in [0.717, 1.165) is 18.2 Å². The van der Waals surface area contributed by atoms with Crippen LogP contribution < -0.4 is 10.9 Å². The van der Waals surface area contributed by atoms with Gasteiger partial charge in [-0.15, -0.1) is 0 Å². The Bertz CT molecular complexity index is 605. The minimum absolute atomic E-state index is 0.137. The maximum absolute atomic E-state index is 13.0. The van der Waals surface area contributed by atoms with Gasteiger partial charge in [-0.1, -0.05) is 0 Å². The molecule has 2 rings (SSSR count). The van der Waals surface area contributed by atoms with Crippen LogP contribution in [-0.4, -0.2) is 17.0 Å². The fourth-order valence-electron chi connectivity index (χ4n) is 1.57. The normalized spacial score (nSPS) is 10.6. The highest BCUT2D eigenvalue weighted by Crippen LogP contribution is 2.16. The van der Waals surface area contributed by atoms with Gasteiger partial charge in [0.2, 0.25) is 0 Å². The van der Waals surface area contributed by atoms with Crippen LogP contribution >= 0.6 is 0 Å². The Hall–Kier alpha value is -2.08. The molecule has 0 spiro atoms. The SMILES string of the molecule is CNCc1cnc(-c2cc(F)cc(F)c2)[nH]c1=O. The van der Waals surface area contributed by atoms with Crippen molar-refractivity contribution in [1.82, 2.24) is 15.3 Å². The molecule has 0 fully saturated rings. The van der Waals surface area contributed by atoms with Crippen LogP contribution in [-0.2, 0) is 6.54 Å². The van der Waals surface area contributed by atoms with Crippen molar-refractivity contribution in [2.45, 2.75) is 6.54 Å². The van der Waals surface area contributed by atoms with E-state index in [1.165, 1.54) is 6.20 Å². The molecule has 4 nitrogen and oxygen atoms in total. The second-order valence-electron chi connectivity index (χ2n) is 3.77. The van der Waals surface area contributed by atoms with E-state index >= 15 is 0 Å². The lowest BCUT2D eigenvalue weighted by Gasteiger charge is -2.03. The zero-order valence-corrected chi connectivity index (χ0v) is 9.63. The summed E-state index contributed by atoms with van der Waals surface area (Å²) < 4.78 is 26.1. The number of aromatic amines is 1. The molecule has 0 saturated heterocycles. The van der Waals surface area contributed by atoms with Gasteiger partial charge in [-0.3, -0.25) is 4.79 Å². The summed E-state index contributed by atoms with van der Waals surface area (Å²) in [5.74, 6) is -1.29. The number of benzene rings is 1. The Morgan fingerprint density at radius 2 is 1.94 bits per heavy atom. The molecule has 1 heterocycles. The summed E-state index contributed by atoms with van der Waals surface area (Å²) in [6, 6.07) is 2.98. The van der Waals surface area contributed by atoms with Crippen LogP contribution in [0.25, 0.3) is 11.4 Å². The molecule has 0 atom stereocenters. The van der Waals surface area contributed by atoms with Crippen LogP contribution in [0.4, 0.5) is 8.78 Å². The summed E-state index contributed by atoms with van der Waals surface area (Å²) in [6.07, 6.45) is 1.38. The molecule has 0 unspecified atom stereocenters. The number of rotatable bonds is 3. The summed E-state index contributed by atoms with van der Waals surface area (Å²) in [5.41, 5.74) is 0.317. The van der Waals surface area contributed by atoms with E-state index in [2.05, 4.69) is 15.3 Å². The standard InChI is InChI=1S/C12H11F2N3O/c1-15-5-8-6-16-11(17-12(8)18)7-2-9(13)4-10(14)3-7/h2-4,6,15H,5H2,1H3,(H,16,17,18). The van der Waals surface area contributed by atoms with Crippen LogP contribution in [0.5, 0.6) is 0 Å².